The van der Waals surface area contributed by atoms with Crippen LogP contribution in [-0.2, 0) is 20.6 Å². The normalized spacial score (nSPS) is 13.1. The number of para-hydroxylation sites is 1. The highest BCUT2D eigenvalue weighted by Crippen LogP contribution is 2.45. The average molecular weight is 821 g/mol. The maximum Gasteiger partial charge on any atom is 0.343 e. The first-order chi connectivity index (χ1) is 26.6. The van der Waals surface area contributed by atoms with Gasteiger partial charge in [0, 0.05) is 73.9 Å². The molecule has 0 bridgehead atoms. The number of nitrogens with zero attached hydrogens (tertiary/aromatic N) is 7. The third-order valence-electron chi connectivity index (χ3n) is 9.73. The fourth-order valence-corrected chi connectivity index (χ4v) is 8.12. The number of hydrogen-bond donors (Lipinski definition) is 0. The summed E-state index contributed by atoms with van der Waals surface area (Å²) in [7, 11) is 6.05. The fourth-order valence-electron chi connectivity index (χ4n) is 6.66. The molecule has 9 nitrogen and oxygen atoms in total. The van der Waals surface area contributed by atoms with E-state index in [9.17, 15) is 4.79 Å². The van der Waals surface area contributed by atoms with E-state index in [1.807, 2.05) is 72.3 Å². The van der Waals surface area contributed by atoms with Crippen molar-refractivity contribution in [2.75, 3.05) is 29.9 Å². The Hall–Kier alpha value is -5.00. The number of aryl methyl sites for hydroxylation is 3. The van der Waals surface area contributed by atoms with Crippen molar-refractivity contribution in [2.24, 2.45) is 14.1 Å². The molecular formula is C44H50BrN7O2S+2. The van der Waals surface area contributed by atoms with Gasteiger partial charge in [-0.25, -0.2) is 9.36 Å². The van der Waals surface area contributed by atoms with Crippen molar-refractivity contribution in [1.29, 1.82) is 0 Å². The molecule has 0 spiro atoms. The van der Waals surface area contributed by atoms with Crippen LogP contribution in [0.25, 0.3) is 40.4 Å². The highest BCUT2D eigenvalue weighted by molar-refractivity contribution is 9.10. The molecule has 11 heteroatoms. The standard InChI is InChI=1S/C28H34BrN2O2.C16H16N5S/c1-5-30(6-2)26-15-11-22-18-23(28(32)33-27(22)19-26)12-14-25-16-13-24(29)20-31(25)17-9-7-8-10-21(3)4;1-19-10-18-16-15(19)11(17-9-20(16)2)8-14-21(3)12-6-4-5-7-13(12)22-14/h11-16,18-20H,3,5-10,17H2,1-2,4H3;4-10H,1-3H3/q2*+1. The molecular weight excluding hydrogens is 771 g/mol. The summed E-state index contributed by atoms with van der Waals surface area (Å²) in [6, 6.07) is 20.5. The number of anilines is 2. The molecule has 0 aliphatic carbocycles. The zero-order valence-corrected chi connectivity index (χ0v) is 35.0. The lowest BCUT2D eigenvalue weighted by Crippen LogP contribution is -2.36. The minimum atomic E-state index is -0.320. The Kier molecular flexibility index (Phi) is 13.1. The van der Waals surface area contributed by atoms with E-state index in [0.29, 0.717) is 11.1 Å². The van der Waals surface area contributed by atoms with Gasteiger partial charge in [0.05, 0.1) is 27.8 Å². The van der Waals surface area contributed by atoms with Crippen LogP contribution in [0.15, 0.2) is 115 Å². The van der Waals surface area contributed by atoms with Crippen molar-refractivity contribution in [2.45, 2.75) is 57.9 Å². The number of allylic oxidation sites excluding steroid dienone is 1. The molecule has 0 amide bonds. The van der Waals surface area contributed by atoms with Gasteiger partial charge in [0.15, 0.2) is 23.7 Å². The van der Waals surface area contributed by atoms with Gasteiger partial charge in [-0.15, -0.1) is 11.6 Å². The quantitative estimate of drug-likeness (QED) is 0.0528. The minimum absolute atomic E-state index is 0.320. The first-order valence-electron chi connectivity index (χ1n) is 18.8. The van der Waals surface area contributed by atoms with Gasteiger partial charge >= 0.3 is 5.63 Å². The molecule has 0 saturated carbocycles. The summed E-state index contributed by atoms with van der Waals surface area (Å²) >= 11 is 5.34. The third-order valence-corrected chi connectivity index (χ3v) is 11.4. The van der Waals surface area contributed by atoms with Crippen LogP contribution < -0.4 is 24.6 Å². The molecule has 0 saturated heterocycles. The second kappa shape index (κ2) is 18.1. The van der Waals surface area contributed by atoms with Crippen molar-refractivity contribution >= 4 is 79.4 Å². The number of halogens is 1. The Morgan fingerprint density at radius 3 is 2.58 bits per heavy atom. The van der Waals surface area contributed by atoms with Crippen LogP contribution in [0.2, 0.25) is 0 Å². The SMILES string of the molecule is C=C(C)CCCCC[n+]1cc(Br)ccc1/C=C/c1cc2ccc(N(CC)CC)cc2oc1=O.CN1C(=Cc2nc[n+](C)c3ncn(C)c23)Sc2ccccc21. The summed E-state index contributed by atoms with van der Waals surface area (Å²) in [6.45, 7) is 13.0. The van der Waals surface area contributed by atoms with Gasteiger partial charge in [-0.3, -0.25) is 0 Å². The maximum atomic E-state index is 12.7. The van der Waals surface area contributed by atoms with Crippen molar-refractivity contribution in [1.82, 2.24) is 14.5 Å². The van der Waals surface area contributed by atoms with Gasteiger partial charge in [-0.2, -0.15) is 4.57 Å². The second-order valence-corrected chi connectivity index (χ2v) is 15.8. The van der Waals surface area contributed by atoms with Crippen LogP contribution in [0.1, 0.15) is 63.4 Å². The summed E-state index contributed by atoms with van der Waals surface area (Å²) in [5.74, 6) is 0. The van der Waals surface area contributed by atoms with E-state index >= 15 is 0 Å². The molecule has 6 aromatic rings. The van der Waals surface area contributed by atoms with Crippen LogP contribution in [0.5, 0.6) is 0 Å². The van der Waals surface area contributed by atoms with E-state index in [0.717, 1.165) is 70.6 Å². The molecule has 2 aromatic carbocycles. The molecule has 0 radical (unpaired) electrons. The van der Waals surface area contributed by atoms with E-state index < -0.39 is 0 Å². The van der Waals surface area contributed by atoms with Gasteiger partial charge in [-0.05, 0) is 98.4 Å². The highest BCUT2D eigenvalue weighted by Gasteiger charge is 2.24. The molecule has 7 rings (SSSR count). The Labute approximate surface area is 336 Å². The Morgan fingerprint density at radius 1 is 1.02 bits per heavy atom. The lowest BCUT2D eigenvalue weighted by atomic mass is 10.1. The van der Waals surface area contributed by atoms with Crippen LogP contribution in [0.3, 0.4) is 0 Å². The van der Waals surface area contributed by atoms with Crippen molar-refractivity contribution in [3.05, 3.63) is 129 Å². The van der Waals surface area contributed by atoms with Crippen molar-refractivity contribution < 1.29 is 13.6 Å². The van der Waals surface area contributed by atoms with E-state index in [2.05, 4.69) is 123 Å². The maximum absolute atomic E-state index is 12.7. The third kappa shape index (κ3) is 9.45. The fraction of sp³-hybridized carbons (Fsp3) is 0.295. The monoisotopic (exact) mass is 819 g/mol. The summed E-state index contributed by atoms with van der Waals surface area (Å²) in [6.07, 6.45) is 16.2. The Morgan fingerprint density at radius 2 is 1.82 bits per heavy atom. The summed E-state index contributed by atoms with van der Waals surface area (Å²) in [5, 5.41) is 2.09. The van der Waals surface area contributed by atoms with Gasteiger partial charge in [0.25, 0.3) is 5.65 Å². The van der Waals surface area contributed by atoms with Gasteiger partial charge in [0.2, 0.25) is 12.0 Å². The number of fused-ring (bicyclic) bond motifs is 3. The van der Waals surface area contributed by atoms with Crippen LogP contribution in [0.4, 0.5) is 11.4 Å². The Balaban J connectivity index is 0.000000201. The topological polar surface area (TPSA) is 75.2 Å². The number of hydrogen-bond acceptors (Lipinski definition) is 7. The molecule has 55 heavy (non-hydrogen) atoms. The second-order valence-electron chi connectivity index (χ2n) is 13.8. The predicted molar refractivity (Wildman–Crippen MR) is 231 cm³/mol. The molecule has 0 fully saturated rings. The molecule has 0 unspecified atom stereocenters. The van der Waals surface area contributed by atoms with Gasteiger partial charge in [-0.1, -0.05) is 34.5 Å². The summed E-state index contributed by atoms with van der Waals surface area (Å²) in [5.41, 5.74) is 8.37. The number of unbranched alkanes of at least 4 members (excludes halogenated alkanes) is 2. The molecule has 0 N–H and O–H groups in total. The number of benzene rings is 2. The highest BCUT2D eigenvalue weighted by atomic mass is 79.9. The molecule has 5 heterocycles. The molecule has 1 aliphatic rings. The van der Waals surface area contributed by atoms with Crippen LogP contribution in [0, 0.1) is 0 Å². The number of rotatable bonds is 12. The van der Waals surface area contributed by atoms with E-state index in [1.165, 1.54) is 34.0 Å². The molecule has 1 aliphatic heterocycles. The van der Waals surface area contributed by atoms with Crippen molar-refractivity contribution in [3.63, 3.8) is 0 Å². The zero-order valence-electron chi connectivity index (χ0n) is 32.6. The van der Waals surface area contributed by atoms with Gasteiger partial charge in [0.1, 0.15) is 12.1 Å². The van der Waals surface area contributed by atoms with Crippen LogP contribution in [-0.4, -0.2) is 34.7 Å². The number of aromatic nitrogens is 5. The number of imidazole rings is 1. The Bertz CT molecular complexity index is 2450. The zero-order chi connectivity index (χ0) is 39.1. The lowest BCUT2D eigenvalue weighted by Gasteiger charge is -2.20. The largest absolute Gasteiger partial charge is 0.422 e. The minimum Gasteiger partial charge on any atom is -0.422 e. The number of thioether (sulfide) groups is 1. The average Bonchev–Trinajstić information content (AvgIpc) is 3.72. The van der Waals surface area contributed by atoms with Crippen molar-refractivity contribution in [3.8, 4) is 0 Å². The van der Waals surface area contributed by atoms with E-state index in [4.69, 9.17) is 4.42 Å². The molecule has 284 valence electrons. The predicted octanol–water partition coefficient (Wildman–Crippen LogP) is 9.33. The van der Waals surface area contributed by atoms with E-state index in [1.54, 1.807) is 11.8 Å². The van der Waals surface area contributed by atoms with E-state index in [-0.39, 0.29) is 5.63 Å². The summed E-state index contributed by atoms with van der Waals surface area (Å²) in [4.78, 5) is 27.4. The smallest absolute Gasteiger partial charge is 0.343 e. The molecule has 4 aromatic heterocycles. The first kappa shape index (κ1) is 39.7. The number of pyridine rings is 1. The van der Waals surface area contributed by atoms with Gasteiger partial charge < -0.3 is 18.8 Å². The summed E-state index contributed by atoms with van der Waals surface area (Å²) < 4.78 is 12.9. The lowest BCUT2D eigenvalue weighted by molar-refractivity contribution is -0.699. The van der Waals surface area contributed by atoms with Crippen LogP contribution >= 0.6 is 27.7 Å². The first-order valence-corrected chi connectivity index (χ1v) is 20.4. The molecule has 0 atom stereocenters.